The average molecular weight is 266 g/mol. The topological polar surface area (TPSA) is 63.4 Å². The Kier molecular flexibility index (Phi) is 7.10. The van der Waals surface area contributed by atoms with Crippen LogP contribution in [0.5, 0.6) is 0 Å². The Hall–Kier alpha value is -0.200. The van der Waals surface area contributed by atoms with Gasteiger partial charge >= 0.3 is 0 Å². The predicted octanol–water partition coefficient (Wildman–Crippen LogP) is 1.36. The molecule has 0 heterocycles. The summed E-state index contributed by atoms with van der Waals surface area (Å²) in [7, 11) is -3.21. The molecule has 0 amide bonds. The standard InChI is InChI=1S/C10H22N2O2S2/c1-4-6-12(8-10(11)15)16(13,14)7-5-9(2)3/h9H,4-8H2,1-3H3,(H2,11,15). The maximum atomic E-state index is 12.0. The minimum atomic E-state index is -3.21. The van der Waals surface area contributed by atoms with E-state index in [1.54, 1.807) is 0 Å². The van der Waals surface area contributed by atoms with Crippen LogP contribution < -0.4 is 5.73 Å². The molecule has 16 heavy (non-hydrogen) atoms. The molecule has 0 rings (SSSR count). The highest BCUT2D eigenvalue weighted by Crippen LogP contribution is 2.08. The van der Waals surface area contributed by atoms with Gasteiger partial charge in [0.05, 0.1) is 17.3 Å². The second-order valence-corrected chi connectivity index (χ2v) is 6.91. The lowest BCUT2D eigenvalue weighted by Crippen LogP contribution is -2.39. The van der Waals surface area contributed by atoms with Gasteiger partial charge in [-0.15, -0.1) is 0 Å². The summed E-state index contributed by atoms with van der Waals surface area (Å²) in [6.07, 6.45) is 1.43. The van der Waals surface area contributed by atoms with E-state index in [2.05, 4.69) is 0 Å². The molecular weight excluding hydrogens is 244 g/mol. The minimum absolute atomic E-state index is 0.156. The van der Waals surface area contributed by atoms with E-state index in [4.69, 9.17) is 18.0 Å². The van der Waals surface area contributed by atoms with Gasteiger partial charge in [-0.1, -0.05) is 33.0 Å². The molecule has 0 aliphatic heterocycles. The van der Waals surface area contributed by atoms with Gasteiger partial charge in [-0.25, -0.2) is 8.42 Å². The fourth-order valence-electron chi connectivity index (χ4n) is 1.25. The van der Waals surface area contributed by atoms with Crippen molar-refractivity contribution in [1.82, 2.24) is 4.31 Å². The summed E-state index contributed by atoms with van der Waals surface area (Å²) in [5, 5.41) is 0. The van der Waals surface area contributed by atoms with Gasteiger partial charge in [0.25, 0.3) is 0 Å². The number of rotatable bonds is 8. The van der Waals surface area contributed by atoms with Crippen LogP contribution >= 0.6 is 12.2 Å². The van der Waals surface area contributed by atoms with Crippen molar-refractivity contribution in [3.8, 4) is 0 Å². The molecule has 96 valence electrons. The maximum absolute atomic E-state index is 12.0. The smallest absolute Gasteiger partial charge is 0.214 e. The molecule has 0 saturated heterocycles. The van der Waals surface area contributed by atoms with Crippen LogP contribution in [-0.4, -0.2) is 36.6 Å². The zero-order valence-electron chi connectivity index (χ0n) is 10.3. The van der Waals surface area contributed by atoms with Crippen LogP contribution in [0, 0.1) is 5.92 Å². The Morgan fingerprint density at radius 3 is 2.38 bits per heavy atom. The lowest BCUT2D eigenvalue weighted by molar-refractivity contribution is 0.444. The Morgan fingerprint density at radius 2 is 2.00 bits per heavy atom. The van der Waals surface area contributed by atoms with Gasteiger partial charge in [-0.05, 0) is 18.8 Å². The van der Waals surface area contributed by atoms with Crippen LogP contribution in [0.15, 0.2) is 0 Å². The van der Waals surface area contributed by atoms with E-state index in [0.29, 0.717) is 18.9 Å². The molecule has 0 atom stereocenters. The van der Waals surface area contributed by atoms with Crippen LogP contribution in [0.1, 0.15) is 33.6 Å². The quantitative estimate of drug-likeness (QED) is 0.674. The molecular formula is C10H22N2O2S2. The number of thiocarbonyl (C=S) groups is 1. The van der Waals surface area contributed by atoms with Crippen LogP contribution in [-0.2, 0) is 10.0 Å². The molecule has 0 bridgehead atoms. The molecule has 0 spiro atoms. The van der Waals surface area contributed by atoms with Crippen molar-refractivity contribution < 1.29 is 8.42 Å². The average Bonchev–Trinajstić information content (AvgIpc) is 2.14. The van der Waals surface area contributed by atoms with Crippen molar-refractivity contribution in [3.05, 3.63) is 0 Å². The first-order valence-electron chi connectivity index (χ1n) is 5.55. The molecule has 0 aromatic heterocycles. The fourth-order valence-corrected chi connectivity index (χ4v) is 3.31. The lowest BCUT2D eigenvalue weighted by Gasteiger charge is -2.21. The van der Waals surface area contributed by atoms with E-state index >= 15 is 0 Å². The van der Waals surface area contributed by atoms with E-state index in [1.165, 1.54) is 4.31 Å². The van der Waals surface area contributed by atoms with E-state index in [-0.39, 0.29) is 17.3 Å². The first-order valence-corrected chi connectivity index (χ1v) is 7.57. The van der Waals surface area contributed by atoms with Crippen LogP contribution in [0.25, 0.3) is 0 Å². The minimum Gasteiger partial charge on any atom is -0.392 e. The summed E-state index contributed by atoms with van der Waals surface area (Å²) in [4.78, 5) is 0.224. The van der Waals surface area contributed by atoms with Crippen LogP contribution in [0.4, 0.5) is 0 Å². The largest absolute Gasteiger partial charge is 0.392 e. The molecule has 6 heteroatoms. The molecule has 0 saturated carbocycles. The van der Waals surface area contributed by atoms with E-state index in [1.807, 2.05) is 20.8 Å². The van der Waals surface area contributed by atoms with Crippen molar-refractivity contribution in [1.29, 1.82) is 0 Å². The van der Waals surface area contributed by atoms with Gasteiger partial charge < -0.3 is 5.73 Å². The molecule has 0 aliphatic carbocycles. The Balaban J connectivity index is 4.55. The van der Waals surface area contributed by atoms with Gasteiger partial charge in [0.2, 0.25) is 10.0 Å². The first kappa shape index (κ1) is 15.8. The van der Waals surface area contributed by atoms with E-state index in [0.717, 1.165) is 6.42 Å². The van der Waals surface area contributed by atoms with Gasteiger partial charge in [-0.2, -0.15) is 4.31 Å². The highest BCUT2D eigenvalue weighted by atomic mass is 32.2. The summed E-state index contributed by atoms with van der Waals surface area (Å²) in [5.74, 6) is 0.552. The monoisotopic (exact) mass is 266 g/mol. The number of nitrogens with zero attached hydrogens (tertiary/aromatic N) is 1. The number of nitrogens with two attached hydrogens (primary N) is 1. The Labute approximate surface area is 104 Å². The van der Waals surface area contributed by atoms with Crippen molar-refractivity contribution in [2.75, 3.05) is 18.8 Å². The third-order valence-electron chi connectivity index (χ3n) is 2.15. The summed E-state index contributed by atoms with van der Waals surface area (Å²) in [6.45, 7) is 6.59. The van der Waals surface area contributed by atoms with Crippen molar-refractivity contribution in [3.63, 3.8) is 0 Å². The zero-order chi connectivity index (χ0) is 12.8. The van der Waals surface area contributed by atoms with E-state index < -0.39 is 10.0 Å². The lowest BCUT2D eigenvalue weighted by atomic mass is 10.2. The third kappa shape index (κ3) is 6.40. The summed E-state index contributed by atoms with van der Waals surface area (Å²) in [6, 6.07) is 0. The molecule has 0 aromatic carbocycles. The molecule has 0 radical (unpaired) electrons. The van der Waals surface area contributed by atoms with Gasteiger partial charge in [0, 0.05) is 6.54 Å². The predicted molar refractivity (Wildman–Crippen MR) is 71.9 cm³/mol. The van der Waals surface area contributed by atoms with Gasteiger partial charge in [0.15, 0.2) is 0 Å². The zero-order valence-corrected chi connectivity index (χ0v) is 11.9. The second-order valence-electron chi connectivity index (χ2n) is 4.30. The van der Waals surface area contributed by atoms with Crippen molar-refractivity contribution in [2.24, 2.45) is 11.7 Å². The number of sulfonamides is 1. The fraction of sp³-hybridized carbons (Fsp3) is 0.900. The maximum Gasteiger partial charge on any atom is 0.214 e. The van der Waals surface area contributed by atoms with Gasteiger partial charge in [-0.3, -0.25) is 0 Å². The summed E-state index contributed by atoms with van der Waals surface area (Å²) < 4.78 is 25.3. The SMILES string of the molecule is CCCN(CC(N)=S)S(=O)(=O)CCC(C)C. The first-order chi connectivity index (χ1) is 7.29. The number of hydrogen-bond acceptors (Lipinski definition) is 3. The molecule has 0 unspecified atom stereocenters. The second kappa shape index (κ2) is 7.19. The summed E-state index contributed by atoms with van der Waals surface area (Å²) in [5.41, 5.74) is 5.40. The molecule has 0 aromatic rings. The Bertz CT molecular complexity index is 313. The molecule has 2 N–H and O–H groups in total. The summed E-state index contributed by atoms with van der Waals surface area (Å²) >= 11 is 4.76. The van der Waals surface area contributed by atoms with Crippen LogP contribution in [0.2, 0.25) is 0 Å². The number of hydrogen-bond donors (Lipinski definition) is 1. The molecule has 4 nitrogen and oxygen atoms in total. The third-order valence-corrected chi connectivity index (χ3v) is 4.13. The highest BCUT2D eigenvalue weighted by molar-refractivity contribution is 7.89. The van der Waals surface area contributed by atoms with Crippen molar-refractivity contribution in [2.45, 2.75) is 33.6 Å². The van der Waals surface area contributed by atoms with Crippen molar-refractivity contribution >= 4 is 27.2 Å². The normalized spacial score (nSPS) is 12.3. The van der Waals surface area contributed by atoms with E-state index in [9.17, 15) is 8.42 Å². The van der Waals surface area contributed by atoms with Crippen LogP contribution in [0.3, 0.4) is 0 Å². The molecule has 0 aliphatic rings. The molecule has 0 fully saturated rings. The highest BCUT2D eigenvalue weighted by Gasteiger charge is 2.21. The Morgan fingerprint density at radius 1 is 1.44 bits per heavy atom. The van der Waals surface area contributed by atoms with Gasteiger partial charge in [0.1, 0.15) is 0 Å².